The Morgan fingerprint density at radius 3 is 2.73 bits per heavy atom. The van der Waals surface area contributed by atoms with E-state index in [1.165, 1.54) is 0 Å². The van der Waals surface area contributed by atoms with Gasteiger partial charge >= 0.3 is 5.97 Å². The molecule has 3 nitrogen and oxygen atoms in total. The van der Waals surface area contributed by atoms with E-state index in [0.717, 1.165) is 5.56 Å². The molecule has 0 radical (unpaired) electrons. The van der Waals surface area contributed by atoms with Gasteiger partial charge in [0.15, 0.2) is 6.10 Å². The molecule has 1 unspecified atom stereocenters. The van der Waals surface area contributed by atoms with E-state index in [2.05, 4.69) is 0 Å². The van der Waals surface area contributed by atoms with Crippen LogP contribution < -0.4 is 0 Å². The maximum Gasteiger partial charge on any atom is 0.336 e. The first-order valence-electron chi connectivity index (χ1n) is 4.36. The first-order chi connectivity index (χ1) is 7.24. The summed E-state index contributed by atoms with van der Waals surface area (Å²) in [4.78, 5) is 11.1. The minimum absolute atomic E-state index is 0.0910. The van der Waals surface area contributed by atoms with Gasteiger partial charge in [-0.1, -0.05) is 30.3 Å². The molecule has 1 aromatic rings. The van der Waals surface area contributed by atoms with Gasteiger partial charge < -0.3 is 9.84 Å². The number of carbonyl (C=O) groups excluding carboxylic acids is 1. The van der Waals surface area contributed by atoms with Gasteiger partial charge in [0.05, 0.1) is 5.75 Å². The molecule has 15 heavy (non-hydrogen) atoms. The number of esters is 1. The van der Waals surface area contributed by atoms with Crippen molar-refractivity contribution in [3.63, 3.8) is 0 Å². The molecule has 0 aliphatic heterocycles. The van der Waals surface area contributed by atoms with E-state index in [1.807, 2.05) is 18.2 Å². The molecule has 0 aromatic heterocycles. The molecule has 0 aliphatic carbocycles. The number of aliphatic hydroxyl groups is 1. The maximum absolute atomic E-state index is 11.7. The highest BCUT2D eigenvalue weighted by atomic mass is 32.2. The topological polar surface area (TPSA) is 46.5 Å². The zero-order valence-electron chi connectivity index (χ0n) is 7.93. The molecule has 0 saturated carbocycles. The smallest absolute Gasteiger partial charge is 0.336 e. The van der Waals surface area contributed by atoms with Crippen LogP contribution in [0, 0.1) is 0 Å². The Labute approximate surface area is 91.5 Å². The van der Waals surface area contributed by atoms with E-state index in [9.17, 15) is 8.68 Å². The average molecular weight is 230 g/mol. The van der Waals surface area contributed by atoms with Crippen LogP contribution in [0.1, 0.15) is 5.56 Å². The first kappa shape index (κ1) is 12.0. The van der Waals surface area contributed by atoms with Crippen LogP contribution >= 0.6 is 12.1 Å². The Morgan fingerprint density at radius 1 is 1.47 bits per heavy atom. The van der Waals surface area contributed by atoms with Crippen molar-refractivity contribution in [3.05, 3.63) is 35.9 Å². The SMILES string of the molecule is O=C(OCc1ccccc1)C(O)CSF. The molecule has 1 N–H and O–H groups in total. The Morgan fingerprint density at radius 2 is 2.13 bits per heavy atom. The van der Waals surface area contributed by atoms with Crippen molar-refractivity contribution < 1.29 is 18.5 Å². The predicted octanol–water partition coefficient (Wildman–Crippen LogP) is 1.71. The lowest BCUT2D eigenvalue weighted by atomic mass is 10.2. The lowest BCUT2D eigenvalue weighted by molar-refractivity contribution is -0.153. The van der Waals surface area contributed by atoms with Gasteiger partial charge in [-0.3, -0.25) is 0 Å². The van der Waals surface area contributed by atoms with Crippen LogP contribution in [0.15, 0.2) is 30.3 Å². The fraction of sp³-hybridized carbons (Fsp3) is 0.300. The number of carbonyl (C=O) groups is 1. The van der Waals surface area contributed by atoms with Gasteiger partial charge in [-0.15, -0.1) is 0 Å². The number of benzene rings is 1. The van der Waals surface area contributed by atoms with Gasteiger partial charge in [-0.05, 0) is 5.56 Å². The summed E-state index contributed by atoms with van der Waals surface area (Å²) in [5.74, 6) is -1.10. The number of rotatable bonds is 5. The Bertz CT molecular complexity index is 305. The van der Waals surface area contributed by atoms with Crippen molar-refractivity contribution in [1.29, 1.82) is 0 Å². The van der Waals surface area contributed by atoms with Crippen LogP contribution in [0.2, 0.25) is 0 Å². The molecule has 1 rings (SSSR count). The van der Waals surface area contributed by atoms with Crippen molar-refractivity contribution in [2.24, 2.45) is 0 Å². The summed E-state index contributed by atoms with van der Waals surface area (Å²) >= 11 is -0.0911. The molecule has 1 atom stereocenters. The predicted molar refractivity (Wildman–Crippen MR) is 55.8 cm³/mol. The van der Waals surface area contributed by atoms with Crippen LogP contribution in [0.5, 0.6) is 0 Å². The number of hydrogen-bond acceptors (Lipinski definition) is 4. The quantitative estimate of drug-likeness (QED) is 0.782. The minimum Gasteiger partial charge on any atom is -0.459 e. The number of hydrogen-bond donors (Lipinski definition) is 1. The fourth-order valence-corrected chi connectivity index (χ4v) is 1.21. The molecule has 0 spiro atoms. The molecule has 1 aromatic carbocycles. The molecule has 0 bridgehead atoms. The first-order valence-corrected chi connectivity index (χ1v) is 5.25. The molecule has 0 fully saturated rings. The van der Waals surface area contributed by atoms with Gasteiger partial charge in [0.1, 0.15) is 6.61 Å². The highest BCUT2D eigenvalue weighted by Crippen LogP contribution is 2.06. The summed E-state index contributed by atoms with van der Waals surface area (Å²) in [5.41, 5.74) is 0.825. The van der Waals surface area contributed by atoms with E-state index in [4.69, 9.17) is 9.84 Å². The van der Waals surface area contributed by atoms with Crippen molar-refractivity contribution in [3.8, 4) is 0 Å². The largest absolute Gasteiger partial charge is 0.459 e. The summed E-state index contributed by atoms with van der Waals surface area (Å²) < 4.78 is 16.5. The average Bonchev–Trinajstić information content (AvgIpc) is 2.27. The Hall–Kier alpha value is -1.07. The second kappa shape index (κ2) is 6.42. The molecular weight excluding hydrogens is 219 g/mol. The van der Waals surface area contributed by atoms with E-state index in [1.54, 1.807) is 12.1 Å². The summed E-state index contributed by atoms with van der Waals surface area (Å²) in [6.45, 7) is 0.0910. The second-order valence-electron chi connectivity index (χ2n) is 2.88. The summed E-state index contributed by atoms with van der Waals surface area (Å²) in [6, 6.07) is 9.07. The Kier molecular flexibility index (Phi) is 5.14. The van der Waals surface area contributed by atoms with E-state index >= 15 is 0 Å². The lowest BCUT2D eigenvalue weighted by Gasteiger charge is -2.08. The van der Waals surface area contributed by atoms with Crippen molar-refractivity contribution in [2.45, 2.75) is 12.7 Å². The zero-order valence-corrected chi connectivity index (χ0v) is 8.74. The van der Waals surface area contributed by atoms with Gasteiger partial charge in [-0.2, -0.15) is 3.89 Å². The van der Waals surface area contributed by atoms with Crippen LogP contribution in [0.3, 0.4) is 0 Å². The third-order valence-electron chi connectivity index (χ3n) is 1.72. The van der Waals surface area contributed by atoms with Gasteiger partial charge in [0, 0.05) is 12.1 Å². The summed E-state index contributed by atoms with van der Waals surface area (Å²) in [6.07, 6.45) is -1.40. The van der Waals surface area contributed by atoms with Crippen molar-refractivity contribution >= 4 is 18.1 Å². The van der Waals surface area contributed by atoms with Crippen LogP contribution in [0.25, 0.3) is 0 Å². The second-order valence-corrected chi connectivity index (χ2v) is 3.44. The number of ether oxygens (including phenoxy) is 1. The van der Waals surface area contributed by atoms with E-state index < -0.39 is 12.1 Å². The molecule has 0 heterocycles. The molecule has 0 amide bonds. The molecular formula is C10H11FO3S. The highest BCUT2D eigenvalue weighted by molar-refractivity contribution is 7.94. The van der Waals surface area contributed by atoms with Gasteiger partial charge in [0.25, 0.3) is 0 Å². The fourth-order valence-electron chi connectivity index (χ4n) is 0.953. The van der Waals surface area contributed by atoms with Gasteiger partial charge in [-0.25, -0.2) is 4.79 Å². The van der Waals surface area contributed by atoms with Crippen molar-refractivity contribution in [1.82, 2.24) is 0 Å². The molecule has 5 heteroatoms. The zero-order chi connectivity index (χ0) is 11.1. The lowest BCUT2D eigenvalue weighted by Crippen LogP contribution is -2.24. The number of halogens is 1. The molecule has 0 aliphatic rings. The van der Waals surface area contributed by atoms with Gasteiger partial charge in [0.2, 0.25) is 0 Å². The third-order valence-corrected chi connectivity index (χ3v) is 2.16. The standard InChI is InChI=1S/C10H11FO3S/c11-15-7-9(12)10(13)14-6-8-4-2-1-3-5-8/h1-5,9,12H,6-7H2. The van der Waals surface area contributed by atoms with E-state index in [-0.39, 0.29) is 24.5 Å². The Balaban J connectivity index is 2.34. The van der Waals surface area contributed by atoms with Crippen molar-refractivity contribution in [2.75, 3.05) is 5.75 Å². The monoisotopic (exact) mass is 230 g/mol. The molecule has 82 valence electrons. The number of aliphatic hydroxyl groups excluding tert-OH is 1. The molecule has 0 saturated heterocycles. The third kappa shape index (κ3) is 4.31. The maximum atomic E-state index is 11.7. The van der Waals surface area contributed by atoms with Crippen LogP contribution in [-0.2, 0) is 16.1 Å². The van der Waals surface area contributed by atoms with E-state index in [0.29, 0.717) is 0 Å². The van der Waals surface area contributed by atoms with Crippen LogP contribution in [0.4, 0.5) is 3.89 Å². The minimum atomic E-state index is -1.40. The normalized spacial score (nSPS) is 12.1. The summed E-state index contributed by atoms with van der Waals surface area (Å²) in [7, 11) is 0. The summed E-state index contributed by atoms with van der Waals surface area (Å²) in [5, 5.41) is 9.06. The highest BCUT2D eigenvalue weighted by Gasteiger charge is 2.16. The van der Waals surface area contributed by atoms with Crippen LogP contribution in [-0.4, -0.2) is 22.9 Å².